The van der Waals surface area contributed by atoms with Crippen molar-refractivity contribution in [1.29, 1.82) is 5.26 Å². The maximum absolute atomic E-state index is 10.5. The van der Waals surface area contributed by atoms with Gasteiger partial charge in [-0.15, -0.1) is 0 Å². The molecule has 0 spiro atoms. The number of anilines is 1. The summed E-state index contributed by atoms with van der Waals surface area (Å²) >= 11 is 0. The minimum absolute atomic E-state index is 0.502. The lowest BCUT2D eigenvalue weighted by Gasteiger charge is -2.27. The average Bonchev–Trinajstić information content (AvgIpc) is 2.92. The summed E-state index contributed by atoms with van der Waals surface area (Å²) in [4.78, 5) is 12.8. The standard InChI is InChI=1S/C16H18N2O2/c1-2-14-4-3-9-18(14)15-7-5-12(6-8-16(19)20)10-13(15)11-17/h5-8,10,14H,2-4,9H2,1H3,(H,19,20)/b8-6+. The predicted octanol–water partition coefficient (Wildman–Crippen LogP) is 3.03. The monoisotopic (exact) mass is 270 g/mol. The van der Waals surface area contributed by atoms with E-state index >= 15 is 0 Å². The molecular formula is C16H18N2O2. The molecule has 104 valence electrons. The number of nitriles is 1. The van der Waals surface area contributed by atoms with Crippen molar-refractivity contribution < 1.29 is 9.90 Å². The smallest absolute Gasteiger partial charge is 0.328 e. The first-order valence-corrected chi connectivity index (χ1v) is 6.87. The van der Waals surface area contributed by atoms with Gasteiger partial charge in [0.2, 0.25) is 0 Å². The Bertz CT molecular complexity index is 572. The number of aliphatic carboxylic acids is 1. The van der Waals surface area contributed by atoms with Gasteiger partial charge in [-0.1, -0.05) is 13.0 Å². The van der Waals surface area contributed by atoms with Gasteiger partial charge in [-0.2, -0.15) is 5.26 Å². The van der Waals surface area contributed by atoms with Crippen LogP contribution in [0.5, 0.6) is 0 Å². The first kappa shape index (κ1) is 14.1. The third kappa shape index (κ3) is 3.00. The number of carboxylic acids is 1. The number of hydrogen-bond donors (Lipinski definition) is 1. The van der Waals surface area contributed by atoms with Gasteiger partial charge < -0.3 is 10.0 Å². The molecular weight excluding hydrogens is 252 g/mol. The van der Waals surface area contributed by atoms with Crippen LogP contribution in [0.2, 0.25) is 0 Å². The lowest BCUT2D eigenvalue weighted by Crippen LogP contribution is -2.29. The van der Waals surface area contributed by atoms with Gasteiger partial charge >= 0.3 is 5.97 Å². The van der Waals surface area contributed by atoms with Crippen LogP contribution in [0.3, 0.4) is 0 Å². The van der Waals surface area contributed by atoms with Gasteiger partial charge in [0.1, 0.15) is 6.07 Å². The first-order chi connectivity index (χ1) is 9.65. The van der Waals surface area contributed by atoms with Crippen molar-refractivity contribution in [2.45, 2.75) is 32.2 Å². The number of carbonyl (C=O) groups is 1. The lowest BCUT2D eigenvalue weighted by atomic mass is 10.1. The van der Waals surface area contributed by atoms with Crippen molar-refractivity contribution in [1.82, 2.24) is 0 Å². The van der Waals surface area contributed by atoms with Crippen LogP contribution in [0.25, 0.3) is 6.08 Å². The summed E-state index contributed by atoms with van der Waals surface area (Å²) in [6.45, 7) is 3.15. The molecule has 1 aliphatic heterocycles. The fraction of sp³-hybridized carbons (Fsp3) is 0.375. The zero-order valence-corrected chi connectivity index (χ0v) is 11.5. The van der Waals surface area contributed by atoms with Gasteiger partial charge in [0, 0.05) is 18.7 Å². The van der Waals surface area contributed by atoms with E-state index in [2.05, 4.69) is 17.9 Å². The van der Waals surface area contributed by atoms with Crippen molar-refractivity contribution in [2.24, 2.45) is 0 Å². The highest BCUT2D eigenvalue weighted by Crippen LogP contribution is 2.30. The van der Waals surface area contributed by atoms with Gasteiger partial charge in [-0.05, 0) is 43.0 Å². The molecule has 0 bridgehead atoms. The Morgan fingerprint density at radius 2 is 2.40 bits per heavy atom. The Labute approximate surface area is 118 Å². The van der Waals surface area contributed by atoms with Gasteiger partial charge in [-0.25, -0.2) is 4.79 Å². The number of hydrogen-bond acceptors (Lipinski definition) is 3. The van der Waals surface area contributed by atoms with E-state index in [9.17, 15) is 10.1 Å². The summed E-state index contributed by atoms with van der Waals surface area (Å²) in [6.07, 6.45) is 5.99. The largest absolute Gasteiger partial charge is 0.478 e. The van der Waals surface area contributed by atoms with E-state index in [1.807, 2.05) is 12.1 Å². The second-order valence-corrected chi connectivity index (χ2v) is 4.96. The molecule has 1 aromatic carbocycles. The summed E-state index contributed by atoms with van der Waals surface area (Å²) < 4.78 is 0. The minimum Gasteiger partial charge on any atom is -0.478 e. The molecule has 2 rings (SSSR count). The molecule has 0 aliphatic carbocycles. The molecule has 0 amide bonds. The van der Waals surface area contributed by atoms with Crippen LogP contribution < -0.4 is 4.90 Å². The summed E-state index contributed by atoms with van der Waals surface area (Å²) in [7, 11) is 0. The van der Waals surface area contributed by atoms with Gasteiger partial charge in [-0.3, -0.25) is 0 Å². The Hall–Kier alpha value is -2.28. The third-order valence-corrected chi connectivity index (χ3v) is 3.72. The van der Waals surface area contributed by atoms with Crippen molar-refractivity contribution >= 4 is 17.7 Å². The van der Waals surface area contributed by atoms with Gasteiger partial charge in [0.15, 0.2) is 0 Å². The van der Waals surface area contributed by atoms with Crippen molar-refractivity contribution in [2.75, 3.05) is 11.4 Å². The normalized spacial score (nSPS) is 18.4. The first-order valence-electron chi connectivity index (χ1n) is 6.87. The molecule has 20 heavy (non-hydrogen) atoms. The van der Waals surface area contributed by atoms with E-state index in [4.69, 9.17) is 5.11 Å². The quantitative estimate of drug-likeness (QED) is 0.854. The zero-order valence-electron chi connectivity index (χ0n) is 11.5. The van der Waals surface area contributed by atoms with E-state index in [-0.39, 0.29) is 0 Å². The molecule has 1 saturated heterocycles. The van der Waals surface area contributed by atoms with Crippen LogP contribution in [-0.4, -0.2) is 23.7 Å². The number of rotatable bonds is 4. The highest BCUT2D eigenvalue weighted by molar-refractivity contribution is 5.85. The highest BCUT2D eigenvalue weighted by atomic mass is 16.4. The Morgan fingerprint density at radius 1 is 1.60 bits per heavy atom. The van der Waals surface area contributed by atoms with E-state index in [1.165, 1.54) is 12.5 Å². The van der Waals surface area contributed by atoms with Gasteiger partial charge in [0.25, 0.3) is 0 Å². The molecule has 1 heterocycles. The van der Waals surface area contributed by atoms with Crippen LogP contribution in [0.1, 0.15) is 37.3 Å². The molecule has 1 aliphatic rings. The molecule has 0 aromatic heterocycles. The molecule has 1 N–H and O–H groups in total. The predicted molar refractivity (Wildman–Crippen MR) is 78.5 cm³/mol. The van der Waals surface area contributed by atoms with Crippen LogP contribution in [0.4, 0.5) is 5.69 Å². The molecule has 0 radical (unpaired) electrons. The van der Waals surface area contributed by atoms with E-state index < -0.39 is 5.97 Å². The van der Waals surface area contributed by atoms with Crippen molar-refractivity contribution in [3.63, 3.8) is 0 Å². The molecule has 4 nitrogen and oxygen atoms in total. The van der Waals surface area contributed by atoms with Crippen LogP contribution in [-0.2, 0) is 4.79 Å². The lowest BCUT2D eigenvalue weighted by molar-refractivity contribution is -0.131. The van der Waals surface area contributed by atoms with E-state index in [1.54, 1.807) is 6.07 Å². The summed E-state index contributed by atoms with van der Waals surface area (Å²) in [6, 6.07) is 8.26. The molecule has 1 atom stereocenters. The second kappa shape index (κ2) is 6.25. The minimum atomic E-state index is -0.988. The molecule has 1 aromatic rings. The maximum atomic E-state index is 10.5. The van der Waals surface area contributed by atoms with Crippen LogP contribution >= 0.6 is 0 Å². The number of nitrogens with zero attached hydrogens (tertiary/aromatic N) is 2. The van der Waals surface area contributed by atoms with Gasteiger partial charge in [0.05, 0.1) is 11.3 Å². The summed E-state index contributed by atoms with van der Waals surface area (Å²) in [5.74, 6) is -0.988. The maximum Gasteiger partial charge on any atom is 0.328 e. The van der Waals surface area contributed by atoms with Crippen molar-refractivity contribution in [3.05, 3.63) is 35.4 Å². The summed E-state index contributed by atoms with van der Waals surface area (Å²) in [5, 5.41) is 18.0. The Kier molecular flexibility index (Phi) is 4.41. The second-order valence-electron chi connectivity index (χ2n) is 4.96. The molecule has 1 unspecified atom stereocenters. The Morgan fingerprint density at radius 3 is 3.05 bits per heavy atom. The molecule has 4 heteroatoms. The van der Waals surface area contributed by atoms with E-state index in [0.717, 1.165) is 36.7 Å². The van der Waals surface area contributed by atoms with Crippen LogP contribution in [0.15, 0.2) is 24.3 Å². The number of carboxylic acid groups (broad SMARTS) is 1. The summed E-state index contributed by atoms with van der Waals surface area (Å²) in [5.41, 5.74) is 2.31. The fourth-order valence-corrected chi connectivity index (χ4v) is 2.74. The molecule has 1 fully saturated rings. The SMILES string of the molecule is CCC1CCCN1c1ccc(/C=C/C(=O)O)cc1C#N. The van der Waals surface area contributed by atoms with Crippen LogP contribution in [0, 0.1) is 11.3 Å². The Balaban J connectivity index is 2.31. The fourth-order valence-electron chi connectivity index (χ4n) is 2.74. The van der Waals surface area contributed by atoms with Crippen molar-refractivity contribution in [3.8, 4) is 6.07 Å². The molecule has 0 saturated carbocycles. The topological polar surface area (TPSA) is 64.3 Å². The van der Waals surface area contributed by atoms with E-state index in [0.29, 0.717) is 11.6 Å². The highest BCUT2D eigenvalue weighted by Gasteiger charge is 2.24. The average molecular weight is 270 g/mol. The zero-order chi connectivity index (χ0) is 14.5. The third-order valence-electron chi connectivity index (χ3n) is 3.72. The number of benzene rings is 1.